The molecule has 0 fully saturated rings. The summed E-state index contributed by atoms with van der Waals surface area (Å²) in [6, 6.07) is 22.3. The maximum absolute atomic E-state index is 12.6. The second kappa shape index (κ2) is 9.84. The van der Waals surface area contributed by atoms with Gasteiger partial charge in [0.15, 0.2) is 5.11 Å². The lowest BCUT2D eigenvalue weighted by Crippen LogP contribution is -2.28. The Morgan fingerprint density at radius 1 is 0.931 bits per heavy atom. The van der Waals surface area contributed by atoms with Crippen molar-refractivity contribution in [2.75, 3.05) is 12.4 Å². The Hall–Kier alpha value is -3.19. The molecule has 0 spiro atoms. The summed E-state index contributed by atoms with van der Waals surface area (Å²) in [5, 5.41) is 6.45. The van der Waals surface area contributed by atoms with E-state index in [1.54, 1.807) is 25.3 Å². The fourth-order valence-corrected chi connectivity index (χ4v) is 3.00. The van der Waals surface area contributed by atoms with E-state index < -0.39 is 6.61 Å². The molecule has 0 aliphatic carbocycles. The number of hydrogen-bond donors (Lipinski definition) is 2. The third kappa shape index (κ3) is 5.65. The number of thiocarbonyl (C=S) groups is 1. The number of hydrogen-bond acceptors (Lipinski definition) is 3. The van der Waals surface area contributed by atoms with Gasteiger partial charge in [-0.3, -0.25) is 0 Å². The zero-order chi connectivity index (χ0) is 20.6. The second-order valence-electron chi connectivity index (χ2n) is 6.07. The SMILES string of the molecule is COc1ccc(-c2ccccc2)cc1NC(=S)NCc1ccccc1OC(F)F. The lowest BCUT2D eigenvalue weighted by atomic mass is 10.0. The molecule has 0 saturated carbocycles. The molecule has 3 aromatic rings. The fraction of sp³-hybridized carbons (Fsp3) is 0.136. The van der Waals surface area contributed by atoms with Crippen LogP contribution in [0, 0.1) is 0 Å². The maximum Gasteiger partial charge on any atom is 0.387 e. The molecule has 150 valence electrons. The van der Waals surface area contributed by atoms with E-state index >= 15 is 0 Å². The number of alkyl halides is 2. The fourth-order valence-electron chi connectivity index (χ4n) is 2.82. The lowest BCUT2D eigenvalue weighted by Gasteiger charge is -2.16. The summed E-state index contributed by atoms with van der Waals surface area (Å²) in [5.41, 5.74) is 3.34. The van der Waals surface area contributed by atoms with Gasteiger partial charge in [-0.05, 0) is 41.5 Å². The Balaban J connectivity index is 1.71. The van der Waals surface area contributed by atoms with Crippen molar-refractivity contribution in [1.29, 1.82) is 0 Å². The average molecular weight is 414 g/mol. The van der Waals surface area contributed by atoms with Crippen LogP contribution in [0.1, 0.15) is 5.56 Å². The van der Waals surface area contributed by atoms with E-state index in [1.165, 1.54) is 6.07 Å². The number of benzene rings is 3. The van der Waals surface area contributed by atoms with Gasteiger partial charge in [0.05, 0.1) is 12.8 Å². The van der Waals surface area contributed by atoms with Crippen LogP contribution in [0.2, 0.25) is 0 Å². The van der Waals surface area contributed by atoms with Gasteiger partial charge in [-0.1, -0.05) is 54.6 Å². The topological polar surface area (TPSA) is 42.5 Å². The number of nitrogens with one attached hydrogen (secondary N) is 2. The lowest BCUT2D eigenvalue weighted by molar-refractivity contribution is -0.0504. The van der Waals surface area contributed by atoms with Crippen molar-refractivity contribution in [2.24, 2.45) is 0 Å². The molecule has 0 heterocycles. The molecule has 7 heteroatoms. The molecule has 4 nitrogen and oxygen atoms in total. The second-order valence-corrected chi connectivity index (χ2v) is 6.48. The zero-order valence-corrected chi connectivity index (χ0v) is 16.5. The van der Waals surface area contributed by atoms with Gasteiger partial charge >= 0.3 is 6.61 Å². The molecule has 3 aromatic carbocycles. The quantitative estimate of drug-likeness (QED) is 0.503. The maximum atomic E-state index is 12.6. The highest BCUT2D eigenvalue weighted by atomic mass is 32.1. The van der Waals surface area contributed by atoms with Crippen LogP contribution >= 0.6 is 12.2 Å². The molecule has 29 heavy (non-hydrogen) atoms. The van der Waals surface area contributed by atoms with Gasteiger partial charge in [0, 0.05) is 12.1 Å². The highest BCUT2D eigenvalue weighted by molar-refractivity contribution is 7.80. The van der Waals surface area contributed by atoms with E-state index in [0.717, 1.165) is 11.1 Å². The van der Waals surface area contributed by atoms with Crippen LogP contribution in [-0.4, -0.2) is 18.8 Å². The summed E-state index contributed by atoms with van der Waals surface area (Å²) >= 11 is 5.37. The zero-order valence-electron chi connectivity index (χ0n) is 15.7. The van der Waals surface area contributed by atoms with Crippen LogP contribution in [0.5, 0.6) is 11.5 Å². The molecule has 0 unspecified atom stereocenters. The largest absolute Gasteiger partial charge is 0.495 e. The molecule has 2 N–H and O–H groups in total. The number of ether oxygens (including phenoxy) is 2. The minimum absolute atomic E-state index is 0.112. The molecule has 3 rings (SSSR count). The first-order chi connectivity index (χ1) is 14.1. The number of halogens is 2. The molecule has 0 radical (unpaired) electrons. The predicted molar refractivity (Wildman–Crippen MR) is 115 cm³/mol. The Morgan fingerprint density at radius 2 is 1.66 bits per heavy atom. The van der Waals surface area contributed by atoms with E-state index in [-0.39, 0.29) is 12.3 Å². The van der Waals surface area contributed by atoms with Crippen LogP contribution < -0.4 is 20.1 Å². The summed E-state index contributed by atoms with van der Waals surface area (Å²) in [5.74, 6) is 0.747. The molecule has 0 amide bonds. The number of para-hydroxylation sites is 1. The van der Waals surface area contributed by atoms with Crippen molar-refractivity contribution >= 4 is 23.0 Å². The van der Waals surface area contributed by atoms with Gasteiger partial charge in [0.2, 0.25) is 0 Å². The molecule has 0 aliphatic rings. The molecular formula is C22H20F2N2O2S. The highest BCUT2D eigenvalue weighted by Gasteiger charge is 2.11. The van der Waals surface area contributed by atoms with Gasteiger partial charge < -0.3 is 20.1 Å². The summed E-state index contributed by atoms with van der Waals surface area (Å²) in [6.07, 6.45) is 0. The van der Waals surface area contributed by atoms with Crippen molar-refractivity contribution in [3.8, 4) is 22.6 Å². The van der Waals surface area contributed by atoms with Gasteiger partial charge in [0.25, 0.3) is 0 Å². The normalized spacial score (nSPS) is 10.5. The van der Waals surface area contributed by atoms with E-state index in [1.807, 2.05) is 48.5 Å². The van der Waals surface area contributed by atoms with Gasteiger partial charge in [-0.25, -0.2) is 0 Å². The van der Waals surface area contributed by atoms with Crippen LogP contribution in [-0.2, 0) is 6.54 Å². The molecule has 0 bridgehead atoms. The van der Waals surface area contributed by atoms with Crippen molar-refractivity contribution in [1.82, 2.24) is 5.32 Å². The monoisotopic (exact) mass is 414 g/mol. The Kier molecular flexibility index (Phi) is 6.97. The first-order valence-electron chi connectivity index (χ1n) is 8.88. The van der Waals surface area contributed by atoms with Crippen LogP contribution in [0.3, 0.4) is 0 Å². The van der Waals surface area contributed by atoms with Crippen molar-refractivity contribution < 1.29 is 18.3 Å². The van der Waals surface area contributed by atoms with E-state index in [0.29, 0.717) is 22.1 Å². The summed E-state index contributed by atoms with van der Waals surface area (Å²) in [7, 11) is 1.58. The third-order valence-corrected chi connectivity index (χ3v) is 4.43. The Morgan fingerprint density at radius 3 is 2.38 bits per heavy atom. The summed E-state index contributed by atoms with van der Waals surface area (Å²) in [4.78, 5) is 0. The Bertz CT molecular complexity index is 968. The summed E-state index contributed by atoms with van der Waals surface area (Å²) < 4.78 is 35.1. The number of anilines is 1. The van der Waals surface area contributed by atoms with Gasteiger partial charge in [-0.2, -0.15) is 8.78 Å². The van der Waals surface area contributed by atoms with E-state index in [2.05, 4.69) is 15.4 Å². The van der Waals surface area contributed by atoms with E-state index in [4.69, 9.17) is 17.0 Å². The minimum atomic E-state index is -2.88. The summed E-state index contributed by atoms with van der Waals surface area (Å²) in [6.45, 7) is -2.65. The number of methoxy groups -OCH3 is 1. The average Bonchev–Trinajstić information content (AvgIpc) is 2.73. The van der Waals surface area contributed by atoms with Crippen LogP contribution in [0.25, 0.3) is 11.1 Å². The predicted octanol–water partition coefficient (Wildman–Crippen LogP) is 5.45. The first kappa shape index (κ1) is 20.5. The standard InChI is InChI=1S/C22H20F2N2O2S/c1-27-20-12-11-16(15-7-3-2-4-8-15)13-18(20)26-22(29)25-14-17-9-5-6-10-19(17)28-21(23)24/h2-13,21H,14H2,1H3,(H2,25,26,29). The van der Waals surface area contributed by atoms with Crippen molar-refractivity contribution in [2.45, 2.75) is 13.2 Å². The van der Waals surface area contributed by atoms with Crippen molar-refractivity contribution in [3.05, 3.63) is 78.4 Å². The third-order valence-electron chi connectivity index (χ3n) is 4.18. The molecule has 0 aromatic heterocycles. The van der Waals surface area contributed by atoms with Gasteiger partial charge in [0.1, 0.15) is 11.5 Å². The van der Waals surface area contributed by atoms with Crippen molar-refractivity contribution in [3.63, 3.8) is 0 Å². The highest BCUT2D eigenvalue weighted by Crippen LogP contribution is 2.30. The van der Waals surface area contributed by atoms with Gasteiger partial charge in [-0.15, -0.1) is 0 Å². The molecule has 0 saturated heterocycles. The van der Waals surface area contributed by atoms with Crippen LogP contribution in [0.4, 0.5) is 14.5 Å². The van der Waals surface area contributed by atoms with E-state index in [9.17, 15) is 8.78 Å². The minimum Gasteiger partial charge on any atom is -0.495 e. The smallest absolute Gasteiger partial charge is 0.387 e. The molecule has 0 aliphatic heterocycles. The van der Waals surface area contributed by atoms with Crippen LogP contribution in [0.15, 0.2) is 72.8 Å². The molecular weight excluding hydrogens is 394 g/mol. The Labute approximate surface area is 173 Å². The molecule has 0 atom stereocenters. The first-order valence-corrected chi connectivity index (χ1v) is 9.28. The number of rotatable bonds is 7.